The van der Waals surface area contributed by atoms with Crippen molar-refractivity contribution < 1.29 is 80.2 Å². The minimum Gasteiger partial charge on any atom is -0.462 e. The van der Waals surface area contributed by atoms with Crippen LogP contribution in [0.1, 0.15) is 414 Å². The zero-order valence-electron chi connectivity index (χ0n) is 64.1. The second-order valence-corrected chi connectivity index (χ2v) is 32.3. The molecule has 0 fully saturated rings. The van der Waals surface area contributed by atoms with E-state index in [1.54, 1.807) is 0 Å². The quantitative estimate of drug-likeness (QED) is 0.0222. The first-order valence-electron chi connectivity index (χ1n) is 41.0. The molecule has 0 aliphatic heterocycles. The second-order valence-electron chi connectivity index (χ2n) is 29.4. The summed E-state index contributed by atoms with van der Waals surface area (Å²) in [5.41, 5.74) is 0. The highest BCUT2D eigenvalue weighted by molar-refractivity contribution is 7.47. The number of hydrogen-bond donors (Lipinski definition) is 3. The highest BCUT2D eigenvalue weighted by atomic mass is 31.2. The lowest BCUT2D eigenvalue weighted by Gasteiger charge is -2.21. The predicted octanol–water partition coefficient (Wildman–Crippen LogP) is 23.5. The molecule has 0 heterocycles. The fourth-order valence-electron chi connectivity index (χ4n) is 12.2. The molecular weight excluding hydrogens is 1280 g/mol. The van der Waals surface area contributed by atoms with Crippen molar-refractivity contribution in [2.45, 2.75) is 432 Å². The number of ether oxygens (including phenoxy) is 4. The molecule has 98 heavy (non-hydrogen) atoms. The van der Waals surface area contributed by atoms with Gasteiger partial charge in [-0.15, -0.1) is 0 Å². The number of carbonyl (C=O) groups is 4. The highest BCUT2D eigenvalue weighted by Crippen LogP contribution is 2.45. The number of aliphatic hydroxyl groups excluding tert-OH is 1. The number of rotatable bonds is 78. The molecule has 0 saturated heterocycles. The van der Waals surface area contributed by atoms with Crippen LogP contribution in [0.5, 0.6) is 0 Å². The Labute approximate surface area is 600 Å². The van der Waals surface area contributed by atoms with E-state index in [2.05, 4.69) is 41.5 Å². The zero-order chi connectivity index (χ0) is 72.1. The van der Waals surface area contributed by atoms with Crippen molar-refractivity contribution in [3.05, 3.63) is 0 Å². The molecular formula is C79H154O17P2. The summed E-state index contributed by atoms with van der Waals surface area (Å²) >= 11 is 0. The normalized spacial score (nSPS) is 13.9. The van der Waals surface area contributed by atoms with Gasteiger partial charge in [-0.3, -0.25) is 37.3 Å². The number of esters is 4. The van der Waals surface area contributed by atoms with Crippen LogP contribution in [-0.4, -0.2) is 96.7 Å². The molecule has 0 aliphatic carbocycles. The van der Waals surface area contributed by atoms with Crippen molar-refractivity contribution >= 4 is 39.5 Å². The van der Waals surface area contributed by atoms with Gasteiger partial charge in [0.2, 0.25) is 0 Å². The van der Waals surface area contributed by atoms with Crippen LogP contribution < -0.4 is 0 Å². The van der Waals surface area contributed by atoms with Crippen molar-refractivity contribution in [1.82, 2.24) is 0 Å². The summed E-state index contributed by atoms with van der Waals surface area (Å²) in [7, 11) is -9.91. The Balaban J connectivity index is 5.18. The van der Waals surface area contributed by atoms with Crippen LogP contribution in [0.2, 0.25) is 0 Å². The summed E-state index contributed by atoms with van der Waals surface area (Å²) in [5, 5.41) is 10.6. The molecule has 0 saturated carbocycles. The first kappa shape index (κ1) is 96.1. The number of unbranched alkanes of at least 4 members (excludes halogenated alkanes) is 48. The number of carbonyl (C=O) groups excluding carboxylic acids is 4. The summed E-state index contributed by atoms with van der Waals surface area (Å²) in [6, 6.07) is 0. The molecule has 17 nitrogen and oxygen atoms in total. The fourth-order valence-corrected chi connectivity index (χ4v) is 13.8. The lowest BCUT2D eigenvalue weighted by Crippen LogP contribution is -2.30. The van der Waals surface area contributed by atoms with E-state index in [-0.39, 0.29) is 25.7 Å². The average Bonchev–Trinajstić information content (AvgIpc) is 1.05. The Morgan fingerprint density at radius 3 is 0.694 bits per heavy atom. The van der Waals surface area contributed by atoms with Gasteiger partial charge < -0.3 is 33.8 Å². The van der Waals surface area contributed by atoms with E-state index >= 15 is 0 Å². The Kier molecular flexibility index (Phi) is 69.3. The lowest BCUT2D eigenvalue weighted by molar-refractivity contribution is -0.161. The van der Waals surface area contributed by atoms with E-state index in [1.165, 1.54) is 218 Å². The number of phosphoric ester groups is 2. The molecule has 0 radical (unpaired) electrons. The lowest BCUT2D eigenvalue weighted by atomic mass is 10.0. The summed E-state index contributed by atoms with van der Waals surface area (Å²) in [6.07, 6.45) is 59.8. The van der Waals surface area contributed by atoms with E-state index in [1.807, 2.05) is 0 Å². The summed E-state index contributed by atoms with van der Waals surface area (Å²) in [5.74, 6) is -0.514. The summed E-state index contributed by atoms with van der Waals surface area (Å²) in [6.45, 7) is 9.63. The minimum atomic E-state index is -4.96. The van der Waals surface area contributed by atoms with Gasteiger partial charge in [0.25, 0.3) is 0 Å². The van der Waals surface area contributed by atoms with Crippen LogP contribution in [0.15, 0.2) is 0 Å². The average molecular weight is 1440 g/mol. The van der Waals surface area contributed by atoms with Crippen molar-refractivity contribution in [2.75, 3.05) is 39.6 Å². The zero-order valence-corrected chi connectivity index (χ0v) is 65.9. The summed E-state index contributed by atoms with van der Waals surface area (Å²) in [4.78, 5) is 72.8. The number of phosphoric acid groups is 2. The van der Waals surface area contributed by atoms with Gasteiger partial charge in [0.05, 0.1) is 26.4 Å². The third-order valence-corrected chi connectivity index (χ3v) is 20.4. The molecule has 0 aromatic carbocycles. The maximum absolute atomic E-state index is 13.1. The van der Waals surface area contributed by atoms with Crippen molar-refractivity contribution in [2.24, 2.45) is 11.8 Å². The molecule has 3 N–H and O–H groups in total. The van der Waals surface area contributed by atoms with Crippen LogP contribution in [-0.2, 0) is 65.4 Å². The van der Waals surface area contributed by atoms with E-state index in [9.17, 15) is 43.2 Å². The molecule has 5 atom stereocenters. The van der Waals surface area contributed by atoms with Crippen molar-refractivity contribution in [3.63, 3.8) is 0 Å². The molecule has 0 aromatic rings. The van der Waals surface area contributed by atoms with Crippen LogP contribution in [0.4, 0.5) is 0 Å². The fraction of sp³-hybridized carbons (Fsp3) is 0.949. The molecule has 19 heteroatoms. The maximum Gasteiger partial charge on any atom is 0.472 e. The van der Waals surface area contributed by atoms with Gasteiger partial charge in [0.1, 0.15) is 19.3 Å². The number of hydrogen-bond acceptors (Lipinski definition) is 15. The molecule has 0 aliphatic rings. The van der Waals surface area contributed by atoms with Crippen LogP contribution in [0, 0.1) is 11.8 Å². The molecule has 582 valence electrons. The van der Waals surface area contributed by atoms with Gasteiger partial charge in [0, 0.05) is 25.7 Å². The topological polar surface area (TPSA) is 237 Å². The third kappa shape index (κ3) is 72.4. The van der Waals surface area contributed by atoms with E-state index < -0.39 is 97.5 Å². The van der Waals surface area contributed by atoms with Crippen LogP contribution >= 0.6 is 15.6 Å². The predicted molar refractivity (Wildman–Crippen MR) is 400 cm³/mol. The molecule has 0 aromatic heterocycles. The highest BCUT2D eigenvalue weighted by Gasteiger charge is 2.30. The Morgan fingerprint density at radius 1 is 0.276 bits per heavy atom. The van der Waals surface area contributed by atoms with Gasteiger partial charge >= 0.3 is 39.5 Å². The smallest absolute Gasteiger partial charge is 0.462 e. The van der Waals surface area contributed by atoms with Gasteiger partial charge in [0.15, 0.2) is 12.2 Å². The first-order valence-corrected chi connectivity index (χ1v) is 44.0. The molecule has 0 bridgehead atoms. The van der Waals surface area contributed by atoms with Gasteiger partial charge in [-0.25, -0.2) is 9.13 Å². The standard InChI is InChI=1S/C79H154O17P2/c1-7-9-11-13-15-16-17-18-19-23-28-34-39-45-51-57-63-78(83)95-74(67-89-76(81)61-55-49-41-14-12-10-8-2)69-93-97(85,86)91-65-73(80)66-92-98(87,88)94-70-75(68-90-77(82)62-56-50-44-38-33-30-25-27-32-37-43-48-54-60-72(5)6)96-79(84)64-58-52-46-40-35-29-24-21-20-22-26-31-36-42-47-53-59-71(3)4/h71-75,80H,7-70H2,1-6H3,(H,85,86)(H,87,88)/t73-,74+,75+/m0/s1. The Morgan fingerprint density at radius 2 is 0.469 bits per heavy atom. The summed E-state index contributed by atoms with van der Waals surface area (Å²) < 4.78 is 68.5. The first-order chi connectivity index (χ1) is 47.4. The molecule has 0 amide bonds. The maximum atomic E-state index is 13.1. The van der Waals surface area contributed by atoms with Gasteiger partial charge in [-0.1, -0.05) is 363 Å². The van der Waals surface area contributed by atoms with E-state index in [0.29, 0.717) is 25.7 Å². The van der Waals surface area contributed by atoms with Gasteiger partial charge in [-0.2, -0.15) is 0 Å². The Bertz CT molecular complexity index is 1890. The minimum absolute atomic E-state index is 0.108. The molecule has 0 rings (SSSR count). The molecule has 0 spiro atoms. The van der Waals surface area contributed by atoms with Gasteiger partial charge in [-0.05, 0) is 37.5 Å². The van der Waals surface area contributed by atoms with Crippen molar-refractivity contribution in [1.29, 1.82) is 0 Å². The monoisotopic (exact) mass is 1440 g/mol. The van der Waals surface area contributed by atoms with Crippen LogP contribution in [0.3, 0.4) is 0 Å². The largest absolute Gasteiger partial charge is 0.472 e. The Hall–Kier alpha value is -1.94. The molecule has 2 unspecified atom stereocenters. The second kappa shape index (κ2) is 70.7. The van der Waals surface area contributed by atoms with Crippen molar-refractivity contribution in [3.8, 4) is 0 Å². The SMILES string of the molecule is CCCCCCCCCCCCCCCCCCC(=O)O[C@H](COC(=O)CCCCCCCCC)COP(=O)(O)OC[C@H](O)COP(=O)(O)OC[C@@H](COC(=O)CCCCCCCCCCCCCCCC(C)C)OC(=O)CCCCCCCCCCCCCCCCCCC(C)C. The van der Waals surface area contributed by atoms with E-state index in [0.717, 1.165) is 115 Å². The van der Waals surface area contributed by atoms with E-state index in [4.69, 9.17) is 37.0 Å². The number of aliphatic hydroxyl groups is 1. The van der Waals surface area contributed by atoms with Crippen LogP contribution in [0.25, 0.3) is 0 Å². The third-order valence-electron chi connectivity index (χ3n) is 18.5.